The lowest BCUT2D eigenvalue weighted by Crippen LogP contribution is -2.46. The van der Waals surface area contributed by atoms with Crippen LogP contribution in [0.1, 0.15) is 30.9 Å². The summed E-state index contributed by atoms with van der Waals surface area (Å²) < 4.78 is 0. The number of thioether (sulfide) groups is 1. The van der Waals surface area contributed by atoms with E-state index >= 15 is 0 Å². The molecule has 1 saturated heterocycles. The minimum Gasteiger partial charge on any atom is -0.341 e. The first-order valence-corrected chi connectivity index (χ1v) is 10.8. The van der Waals surface area contributed by atoms with Crippen molar-refractivity contribution in [3.63, 3.8) is 0 Å². The molecule has 1 N–H and O–H groups in total. The summed E-state index contributed by atoms with van der Waals surface area (Å²) in [6.45, 7) is 5.12. The van der Waals surface area contributed by atoms with Crippen LogP contribution in [0.2, 0.25) is 0 Å². The van der Waals surface area contributed by atoms with E-state index in [2.05, 4.69) is 22.4 Å². The molecule has 1 aliphatic heterocycles. The summed E-state index contributed by atoms with van der Waals surface area (Å²) in [5.74, 6) is 1.24. The van der Waals surface area contributed by atoms with E-state index in [1.807, 2.05) is 43.0 Å². The van der Waals surface area contributed by atoms with Crippen molar-refractivity contribution >= 4 is 29.4 Å². The largest absolute Gasteiger partial charge is 0.341 e. The number of pyridine rings is 1. The Morgan fingerprint density at radius 3 is 2.75 bits per heavy atom. The van der Waals surface area contributed by atoms with Gasteiger partial charge in [-0.25, -0.2) is 4.98 Å². The molecular formula is C22H27N3O2S. The SMILES string of the molecule is Cc1ccc(NC(=O)[C@@H]2CCCN(C(=O)[C@H](C)SCc3ccccc3)C2)nc1. The topological polar surface area (TPSA) is 62.3 Å². The van der Waals surface area contributed by atoms with E-state index < -0.39 is 0 Å². The summed E-state index contributed by atoms with van der Waals surface area (Å²) in [5, 5.41) is 2.76. The first-order valence-electron chi connectivity index (χ1n) is 9.71. The minimum atomic E-state index is -0.188. The summed E-state index contributed by atoms with van der Waals surface area (Å²) in [7, 11) is 0. The van der Waals surface area contributed by atoms with E-state index in [0.29, 0.717) is 12.4 Å². The highest BCUT2D eigenvalue weighted by Gasteiger charge is 2.30. The van der Waals surface area contributed by atoms with Gasteiger partial charge in [0.05, 0.1) is 11.2 Å². The van der Waals surface area contributed by atoms with Gasteiger partial charge in [-0.05, 0) is 43.9 Å². The number of rotatable bonds is 6. The first kappa shape index (κ1) is 20.4. The Balaban J connectivity index is 1.52. The standard InChI is InChI=1S/C22H27N3O2S/c1-16-10-11-20(23-13-16)24-21(26)19-9-6-12-25(14-19)22(27)17(2)28-15-18-7-4-3-5-8-18/h3-5,7-8,10-11,13,17,19H,6,9,12,14-15H2,1-2H3,(H,23,24,26)/t17-,19+/m0/s1. The van der Waals surface area contributed by atoms with Gasteiger partial charge in [0, 0.05) is 25.0 Å². The van der Waals surface area contributed by atoms with Gasteiger partial charge in [0.25, 0.3) is 0 Å². The molecule has 1 aromatic carbocycles. The molecule has 5 nitrogen and oxygen atoms in total. The molecule has 1 aromatic heterocycles. The van der Waals surface area contributed by atoms with Crippen molar-refractivity contribution in [2.75, 3.05) is 18.4 Å². The summed E-state index contributed by atoms with van der Waals surface area (Å²) >= 11 is 1.64. The summed E-state index contributed by atoms with van der Waals surface area (Å²) in [5.41, 5.74) is 2.27. The molecule has 6 heteroatoms. The number of likely N-dealkylation sites (tertiary alicyclic amines) is 1. The van der Waals surface area contributed by atoms with Gasteiger partial charge in [-0.3, -0.25) is 9.59 Å². The number of aryl methyl sites for hydroxylation is 1. The molecule has 2 amide bonds. The zero-order chi connectivity index (χ0) is 19.9. The minimum absolute atomic E-state index is 0.0570. The van der Waals surface area contributed by atoms with Gasteiger partial charge in [-0.1, -0.05) is 36.4 Å². The number of anilines is 1. The van der Waals surface area contributed by atoms with Crippen LogP contribution in [-0.4, -0.2) is 40.0 Å². The normalized spacial score (nSPS) is 17.8. The highest BCUT2D eigenvalue weighted by atomic mass is 32.2. The lowest BCUT2D eigenvalue weighted by atomic mass is 9.97. The summed E-state index contributed by atoms with van der Waals surface area (Å²) in [4.78, 5) is 31.5. The number of aromatic nitrogens is 1. The number of carbonyl (C=O) groups is 2. The molecule has 2 heterocycles. The number of nitrogens with one attached hydrogen (secondary N) is 1. The number of hydrogen-bond acceptors (Lipinski definition) is 4. The Kier molecular flexibility index (Phi) is 7.09. The molecule has 148 valence electrons. The predicted octanol–water partition coefficient (Wildman–Crippen LogP) is 3.89. The summed E-state index contributed by atoms with van der Waals surface area (Å²) in [6, 6.07) is 13.9. The molecule has 3 rings (SSSR count). The van der Waals surface area contributed by atoms with Crippen LogP contribution in [0.3, 0.4) is 0 Å². The van der Waals surface area contributed by atoms with Crippen molar-refractivity contribution in [2.45, 2.75) is 37.7 Å². The van der Waals surface area contributed by atoms with Crippen LogP contribution in [0.25, 0.3) is 0 Å². The zero-order valence-corrected chi connectivity index (χ0v) is 17.2. The van der Waals surface area contributed by atoms with E-state index in [-0.39, 0.29) is 23.0 Å². The van der Waals surface area contributed by atoms with Gasteiger partial charge in [-0.15, -0.1) is 11.8 Å². The van der Waals surface area contributed by atoms with E-state index in [1.165, 1.54) is 5.56 Å². The van der Waals surface area contributed by atoms with Gasteiger partial charge in [0.15, 0.2) is 0 Å². The molecule has 0 saturated carbocycles. The molecule has 2 atom stereocenters. The van der Waals surface area contributed by atoms with Crippen LogP contribution in [0.15, 0.2) is 48.7 Å². The first-order chi connectivity index (χ1) is 13.5. The van der Waals surface area contributed by atoms with Crippen LogP contribution in [0.4, 0.5) is 5.82 Å². The fourth-order valence-corrected chi connectivity index (χ4v) is 4.21. The Hall–Kier alpha value is -2.34. The molecule has 0 aliphatic carbocycles. The van der Waals surface area contributed by atoms with Gasteiger partial charge < -0.3 is 10.2 Å². The number of piperidine rings is 1. The number of benzene rings is 1. The van der Waals surface area contributed by atoms with Crippen molar-refractivity contribution in [1.82, 2.24) is 9.88 Å². The molecule has 0 bridgehead atoms. The van der Waals surface area contributed by atoms with E-state index in [1.54, 1.807) is 24.0 Å². The average Bonchev–Trinajstić information content (AvgIpc) is 2.74. The molecule has 1 aliphatic rings. The maximum absolute atomic E-state index is 12.8. The average molecular weight is 398 g/mol. The van der Waals surface area contributed by atoms with Crippen molar-refractivity contribution in [2.24, 2.45) is 5.92 Å². The molecular weight excluding hydrogens is 370 g/mol. The maximum Gasteiger partial charge on any atom is 0.235 e. The van der Waals surface area contributed by atoms with E-state index in [9.17, 15) is 9.59 Å². The Bertz CT molecular complexity index is 795. The fourth-order valence-electron chi connectivity index (χ4n) is 3.29. The zero-order valence-electron chi connectivity index (χ0n) is 16.4. The lowest BCUT2D eigenvalue weighted by Gasteiger charge is -2.33. The number of hydrogen-bond donors (Lipinski definition) is 1. The van der Waals surface area contributed by atoms with Crippen LogP contribution < -0.4 is 5.32 Å². The van der Waals surface area contributed by atoms with Gasteiger partial charge >= 0.3 is 0 Å². The molecule has 28 heavy (non-hydrogen) atoms. The Morgan fingerprint density at radius 1 is 1.25 bits per heavy atom. The second-order valence-electron chi connectivity index (χ2n) is 7.27. The molecule has 0 unspecified atom stereocenters. The molecule has 0 radical (unpaired) electrons. The highest BCUT2D eigenvalue weighted by Crippen LogP contribution is 2.23. The third kappa shape index (κ3) is 5.58. The van der Waals surface area contributed by atoms with Crippen LogP contribution >= 0.6 is 11.8 Å². The van der Waals surface area contributed by atoms with Crippen molar-refractivity contribution < 1.29 is 9.59 Å². The molecule has 0 spiro atoms. The quantitative estimate of drug-likeness (QED) is 0.803. The summed E-state index contributed by atoms with van der Waals surface area (Å²) in [6.07, 6.45) is 3.38. The lowest BCUT2D eigenvalue weighted by molar-refractivity contribution is -0.133. The van der Waals surface area contributed by atoms with Crippen molar-refractivity contribution in [3.8, 4) is 0 Å². The highest BCUT2D eigenvalue weighted by molar-refractivity contribution is 7.99. The van der Waals surface area contributed by atoms with Crippen LogP contribution in [-0.2, 0) is 15.3 Å². The fraction of sp³-hybridized carbons (Fsp3) is 0.409. The van der Waals surface area contributed by atoms with Crippen molar-refractivity contribution in [3.05, 3.63) is 59.8 Å². The smallest absolute Gasteiger partial charge is 0.235 e. The third-order valence-electron chi connectivity index (χ3n) is 4.96. The van der Waals surface area contributed by atoms with Gasteiger partial charge in [0.2, 0.25) is 11.8 Å². The molecule has 2 aromatic rings. The second kappa shape index (κ2) is 9.73. The maximum atomic E-state index is 12.8. The predicted molar refractivity (Wildman–Crippen MR) is 114 cm³/mol. The van der Waals surface area contributed by atoms with E-state index in [0.717, 1.165) is 30.7 Å². The van der Waals surface area contributed by atoms with Gasteiger partial charge in [0.1, 0.15) is 5.82 Å². The number of amides is 2. The van der Waals surface area contributed by atoms with Crippen LogP contribution in [0, 0.1) is 12.8 Å². The number of nitrogens with zero attached hydrogens (tertiary/aromatic N) is 2. The monoisotopic (exact) mass is 397 g/mol. The van der Waals surface area contributed by atoms with E-state index in [4.69, 9.17) is 0 Å². The second-order valence-corrected chi connectivity index (χ2v) is 8.60. The number of carbonyl (C=O) groups excluding carboxylic acids is 2. The van der Waals surface area contributed by atoms with Gasteiger partial charge in [-0.2, -0.15) is 0 Å². The molecule has 1 fully saturated rings. The third-order valence-corrected chi connectivity index (χ3v) is 6.16. The Morgan fingerprint density at radius 2 is 2.04 bits per heavy atom. The van der Waals surface area contributed by atoms with Crippen LogP contribution in [0.5, 0.6) is 0 Å². The van der Waals surface area contributed by atoms with Crippen molar-refractivity contribution in [1.29, 1.82) is 0 Å². The Labute approximate surface area is 170 Å².